The van der Waals surface area contributed by atoms with Gasteiger partial charge in [-0.25, -0.2) is 14.4 Å². The molecule has 1 aliphatic carbocycles. The predicted octanol–water partition coefficient (Wildman–Crippen LogP) is 4.08. The van der Waals surface area contributed by atoms with Gasteiger partial charge < -0.3 is 14.6 Å². The number of aliphatic carboxylic acids is 1. The molecule has 0 saturated heterocycles. The molecule has 0 amide bonds. The molecule has 1 unspecified atom stereocenters. The van der Waals surface area contributed by atoms with Crippen LogP contribution in [0, 0.1) is 5.82 Å². The van der Waals surface area contributed by atoms with Crippen molar-refractivity contribution in [2.24, 2.45) is 0 Å². The van der Waals surface area contributed by atoms with Gasteiger partial charge in [-0.3, -0.25) is 4.79 Å². The first-order chi connectivity index (χ1) is 14.0. The average Bonchev–Trinajstić information content (AvgIpc) is 2.99. The molecule has 6 nitrogen and oxygen atoms in total. The van der Waals surface area contributed by atoms with Crippen LogP contribution in [0.15, 0.2) is 30.6 Å². The van der Waals surface area contributed by atoms with E-state index < -0.39 is 5.97 Å². The van der Waals surface area contributed by atoms with Gasteiger partial charge in [0.2, 0.25) is 5.95 Å². The van der Waals surface area contributed by atoms with Gasteiger partial charge >= 0.3 is 5.97 Å². The summed E-state index contributed by atoms with van der Waals surface area (Å²) in [5.74, 6) is -0.593. The second kappa shape index (κ2) is 7.99. The molecule has 1 aliphatic rings. The van der Waals surface area contributed by atoms with Crippen LogP contribution >= 0.6 is 11.6 Å². The second-order valence-electron chi connectivity index (χ2n) is 7.36. The van der Waals surface area contributed by atoms with Crippen LogP contribution in [0.5, 0.6) is 0 Å². The summed E-state index contributed by atoms with van der Waals surface area (Å²) in [6, 6.07) is 4.72. The van der Waals surface area contributed by atoms with E-state index in [4.69, 9.17) is 11.6 Å². The number of fused-ring (bicyclic) bond motifs is 3. The molecular weight excluding hydrogens is 395 g/mol. The van der Waals surface area contributed by atoms with Crippen LogP contribution in [0.2, 0.25) is 5.02 Å². The summed E-state index contributed by atoms with van der Waals surface area (Å²) in [6.07, 6.45) is 6.37. The van der Waals surface area contributed by atoms with Gasteiger partial charge in [0.05, 0.1) is 17.4 Å². The van der Waals surface area contributed by atoms with E-state index in [9.17, 15) is 14.3 Å². The van der Waals surface area contributed by atoms with Gasteiger partial charge in [-0.2, -0.15) is 0 Å². The molecule has 0 aliphatic heterocycles. The number of carboxylic acids is 1. The summed E-state index contributed by atoms with van der Waals surface area (Å²) >= 11 is 5.94. The van der Waals surface area contributed by atoms with Gasteiger partial charge in [-0.05, 0) is 49.4 Å². The molecule has 0 spiro atoms. The normalized spacial score (nSPS) is 16.0. The van der Waals surface area contributed by atoms with Gasteiger partial charge in [0.25, 0.3) is 0 Å². The van der Waals surface area contributed by atoms with Crippen molar-refractivity contribution in [1.82, 2.24) is 14.5 Å². The maximum atomic E-state index is 14.0. The molecular formula is C21H22ClFN4O2. The quantitative estimate of drug-likeness (QED) is 0.655. The number of hydrogen-bond donors (Lipinski definition) is 1. The van der Waals surface area contributed by atoms with Gasteiger partial charge in [0.1, 0.15) is 12.4 Å². The number of rotatable bonds is 6. The predicted molar refractivity (Wildman–Crippen MR) is 110 cm³/mol. The fraction of sp³-hybridized carbons (Fsp3) is 0.381. The van der Waals surface area contributed by atoms with Crippen LogP contribution in [0.4, 0.5) is 10.3 Å². The largest absolute Gasteiger partial charge is 0.480 e. The Kier molecular flexibility index (Phi) is 5.41. The average molecular weight is 417 g/mol. The van der Waals surface area contributed by atoms with Crippen molar-refractivity contribution in [1.29, 1.82) is 0 Å². The van der Waals surface area contributed by atoms with E-state index in [2.05, 4.69) is 21.8 Å². The Morgan fingerprint density at radius 2 is 2.14 bits per heavy atom. The Hall–Kier alpha value is -2.67. The summed E-state index contributed by atoms with van der Waals surface area (Å²) in [7, 11) is 0. The number of halogens is 2. The molecule has 8 heteroatoms. The van der Waals surface area contributed by atoms with Gasteiger partial charge in [-0.15, -0.1) is 0 Å². The SMILES string of the molecule is CCCN(c1ncc(Cl)cn1)C1CCc2c(c3cc(F)ccc3n2CC(=O)O)C1. The molecule has 1 atom stereocenters. The molecule has 29 heavy (non-hydrogen) atoms. The Labute approximate surface area is 172 Å². The number of carbonyl (C=O) groups is 1. The zero-order valence-electron chi connectivity index (χ0n) is 16.1. The van der Waals surface area contributed by atoms with Gasteiger partial charge in [-0.1, -0.05) is 18.5 Å². The molecule has 2 aromatic heterocycles. The smallest absolute Gasteiger partial charge is 0.323 e. The number of nitrogens with zero attached hydrogens (tertiary/aromatic N) is 4. The van der Waals surface area contributed by atoms with E-state index in [0.29, 0.717) is 17.4 Å². The fourth-order valence-electron chi connectivity index (χ4n) is 4.33. The van der Waals surface area contributed by atoms with E-state index in [1.165, 1.54) is 12.1 Å². The maximum Gasteiger partial charge on any atom is 0.323 e. The highest BCUT2D eigenvalue weighted by atomic mass is 35.5. The third kappa shape index (κ3) is 3.79. The zero-order chi connectivity index (χ0) is 20.5. The van der Waals surface area contributed by atoms with Crippen LogP contribution in [-0.2, 0) is 24.2 Å². The van der Waals surface area contributed by atoms with Crippen LogP contribution in [0.1, 0.15) is 31.0 Å². The van der Waals surface area contributed by atoms with Crippen molar-refractivity contribution >= 4 is 34.4 Å². The molecule has 0 fully saturated rings. The molecule has 0 radical (unpaired) electrons. The minimum Gasteiger partial charge on any atom is -0.480 e. The minimum atomic E-state index is -0.904. The Bertz CT molecular complexity index is 1050. The highest BCUT2D eigenvalue weighted by Gasteiger charge is 2.30. The Balaban J connectivity index is 1.75. The molecule has 0 bridgehead atoms. The van der Waals surface area contributed by atoms with Gasteiger partial charge in [0, 0.05) is 29.2 Å². The molecule has 0 saturated carbocycles. The maximum absolute atomic E-state index is 14.0. The molecule has 2 heterocycles. The highest BCUT2D eigenvalue weighted by molar-refractivity contribution is 6.30. The second-order valence-corrected chi connectivity index (χ2v) is 7.79. The Morgan fingerprint density at radius 3 is 2.83 bits per heavy atom. The van der Waals surface area contributed by atoms with Gasteiger partial charge in [0.15, 0.2) is 0 Å². The topological polar surface area (TPSA) is 71.2 Å². The van der Waals surface area contributed by atoms with E-state index in [0.717, 1.165) is 48.0 Å². The van der Waals surface area contributed by atoms with Crippen LogP contribution in [0.25, 0.3) is 10.9 Å². The summed E-state index contributed by atoms with van der Waals surface area (Å²) in [5.41, 5.74) is 2.77. The molecule has 1 N–H and O–H groups in total. The van der Waals surface area contributed by atoms with Crippen LogP contribution in [0.3, 0.4) is 0 Å². The molecule has 4 rings (SSSR count). The van der Waals surface area contributed by atoms with Crippen LogP contribution in [-0.4, -0.2) is 38.2 Å². The number of benzene rings is 1. The number of anilines is 1. The van der Waals surface area contributed by atoms with Crippen molar-refractivity contribution < 1.29 is 14.3 Å². The van der Waals surface area contributed by atoms with Crippen molar-refractivity contribution in [3.8, 4) is 0 Å². The van der Waals surface area contributed by atoms with E-state index in [-0.39, 0.29) is 18.4 Å². The summed E-state index contributed by atoms with van der Waals surface area (Å²) in [4.78, 5) is 22.4. The lowest BCUT2D eigenvalue weighted by Gasteiger charge is -2.34. The van der Waals surface area contributed by atoms with Crippen molar-refractivity contribution in [3.63, 3.8) is 0 Å². The molecule has 1 aromatic carbocycles. The highest BCUT2D eigenvalue weighted by Crippen LogP contribution is 2.35. The number of hydrogen-bond acceptors (Lipinski definition) is 4. The molecule has 152 valence electrons. The lowest BCUT2D eigenvalue weighted by molar-refractivity contribution is -0.137. The van der Waals surface area contributed by atoms with E-state index in [1.807, 2.05) is 4.57 Å². The standard InChI is InChI=1S/C21H22ClFN4O2/c1-2-7-26(21-24-10-13(22)11-25-21)15-4-6-19-17(9-15)16-8-14(23)3-5-18(16)27(19)12-20(28)29/h3,5,8,10-11,15H,2,4,6-7,9,12H2,1H3,(H,28,29). The zero-order valence-corrected chi connectivity index (χ0v) is 16.9. The van der Waals surface area contributed by atoms with E-state index in [1.54, 1.807) is 18.5 Å². The number of aromatic nitrogens is 3. The van der Waals surface area contributed by atoms with E-state index >= 15 is 0 Å². The fourth-order valence-corrected chi connectivity index (χ4v) is 4.42. The summed E-state index contributed by atoms with van der Waals surface area (Å²) in [6.45, 7) is 2.77. The first kappa shape index (κ1) is 19.6. The van der Waals surface area contributed by atoms with Crippen LogP contribution < -0.4 is 4.90 Å². The third-order valence-electron chi connectivity index (χ3n) is 5.47. The monoisotopic (exact) mass is 416 g/mol. The summed E-state index contributed by atoms with van der Waals surface area (Å²) in [5, 5.41) is 10.6. The Morgan fingerprint density at radius 1 is 1.38 bits per heavy atom. The molecule has 3 aromatic rings. The minimum absolute atomic E-state index is 0.124. The lowest BCUT2D eigenvalue weighted by atomic mass is 9.90. The first-order valence-electron chi connectivity index (χ1n) is 9.73. The van der Waals surface area contributed by atoms with Crippen molar-refractivity contribution in [2.75, 3.05) is 11.4 Å². The third-order valence-corrected chi connectivity index (χ3v) is 5.66. The van der Waals surface area contributed by atoms with Crippen molar-refractivity contribution in [3.05, 3.63) is 52.7 Å². The summed E-state index contributed by atoms with van der Waals surface area (Å²) < 4.78 is 15.8. The van der Waals surface area contributed by atoms with Crippen molar-refractivity contribution in [2.45, 2.75) is 45.2 Å². The lowest BCUT2D eigenvalue weighted by Crippen LogP contribution is -2.41. The number of carboxylic acid groups (broad SMARTS) is 1. The first-order valence-corrected chi connectivity index (χ1v) is 10.1.